The number of hydrogen-bond donors (Lipinski definition) is 1. The predicted octanol–water partition coefficient (Wildman–Crippen LogP) is 2.70. The van der Waals surface area contributed by atoms with Crippen molar-refractivity contribution in [3.05, 3.63) is 53.0 Å². The van der Waals surface area contributed by atoms with Crippen molar-refractivity contribution in [3.8, 4) is 0 Å². The van der Waals surface area contributed by atoms with Crippen LogP contribution in [0.1, 0.15) is 24.2 Å². The Labute approximate surface area is 185 Å². The van der Waals surface area contributed by atoms with Gasteiger partial charge in [0.2, 0.25) is 4.90 Å². The molecule has 31 heavy (non-hydrogen) atoms. The first-order chi connectivity index (χ1) is 14.8. The van der Waals surface area contributed by atoms with Gasteiger partial charge in [-0.3, -0.25) is 4.68 Å². The number of nitrogens with two attached hydrogens (primary N) is 1. The van der Waals surface area contributed by atoms with Gasteiger partial charge in [-0.25, -0.2) is 4.98 Å². The molecule has 3 heterocycles. The minimum absolute atomic E-state index is 0.138. The molecule has 0 saturated heterocycles. The van der Waals surface area contributed by atoms with Gasteiger partial charge in [-0.05, 0) is 48.1 Å². The number of anilines is 2. The fraction of sp³-hybridized carbons (Fsp3) is 0.455. The van der Waals surface area contributed by atoms with Gasteiger partial charge in [0.15, 0.2) is 0 Å². The lowest BCUT2D eigenvalue weighted by Gasteiger charge is -2.34. The van der Waals surface area contributed by atoms with Gasteiger partial charge in [0, 0.05) is 32.2 Å². The van der Waals surface area contributed by atoms with Crippen LogP contribution in [0.25, 0.3) is 0 Å². The molecule has 9 heteroatoms. The topological polar surface area (TPSA) is 89.5 Å². The molecule has 1 aliphatic heterocycles. The first kappa shape index (κ1) is 21.7. The van der Waals surface area contributed by atoms with Crippen molar-refractivity contribution >= 4 is 21.9 Å². The van der Waals surface area contributed by atoms with Gasteiger partial charge in [0.1, 0.15) is 11.5 Å². The van der Waals surface area contributed by atoms with Crippen LogP contribution in [0.2, 0.25) is 0 Å². The van der Waals surface area contributed by atoms with Crippen LogP contribution in [0, 0.1) is 13.8 Å². The molecule has 2 aromatic rings. The number of hydrogen-bond acceptors (Lipinski definition) is 6. The zero-order valence-electron chi connectivity index (χ0n) is 18.8. The summed E-state index contributed by atoms with van der Waals surface area (Å²) in [6.45, 7) is 5.52. The van der Waals surface area contributed by atoms with E-state index in [2.05, 4.69) is 27.1 Å². The van der Waals surface area contributed by atoms with Crippen LogP contribution >= 0.6 is 0 Å². The maximum atomic E-state index is 13.9. The molecule has 8 nitrogen and oxygen atoms in total. The minimum atomic E-state index is -2.98. The molecular weight excluding hydrogens is 412 g/mol. The van der Waals surface area contributed by atoms with Gasteiger partial charge in [-0.2, -0.15) is 9.40 Å². The monoisotopic (exact) mass is 443 g/mol. The third kappa shape index (κ3) is 3.71. The molecule has 0 spiro atoms. The Morgan fingerprint density at radius 3 is 2.71 bits per heavy atom. The Hall–Kier alpha value is -2.49. The number of aryl methyl sites for hydroxylation is 2. The van der Waals surface area contributed by atoms with Crippen molar-refractivity contribution in [1.82, 2.24) is 14.8 Å². The van der Waals surface area contributed by atoms with E-state index in [0.717, 1.165) is 48.8 Å². The molecular formula is C22H31N6O2S+. The van der Waals surface area contributed by atoms with E-state index in [9.17, 15) is 4.21 Å². The Balaban J connectivity index is 1.59. The van der Waals surface area contributed by atoms with E-state index in [1.807, 2.05) is 33.0 Å². The Morgan fingerprint density at radius 1 is 1.32 bits per heavy atom. The second-order valence-electron chi connectivity index (χ2n) is 8.10. The number of aromatic nitrogens is 3. The van der Waals surface area contributed by atoms with Crippen LogP contribution in [0.3, 0.4) is 0 Å². The van der Waals surface area contributed by atoms with E-state index >= 15 is 0 Å². The van der Waals surface area contributed by atoms with Gasteiger partial charge in [-0.15, -0.1) is 4.18 Å². The summed E-state index contributed by atoms with van der Waals surface area (Å²) >= 11 is 0. The average molecular weight is 444 g/mol. The van der Waals surface area contributed by atoms with E-state index in [0.29, 0.717) is 4.90 Å². The molecule has 4 rings (SSSR count). The molecule has 0 bridgehead atoms. The van der Waals surface area contributed by atoms with Crippen LogP contribution in [-0.2, 0) is 25.8 Å². The number of pyridine rings is 1. The van der Waals surface area contributed by atoms with Crippen LogP contribution in [0.4, 0.5) is 11.5 Å². The summed E-state index contributed by atoms with van der Waals surface area (Å²) in [5, 5.41) is 4.44. The van der Waals surface area contributed by atoms with Crippen molar-refractivity contribution < 1.29 is 8.39 Å². The minimum Gasteiger partial charge on any atom is -0.352 e. The van der Waals surface area contributed by atoms with Gasteiger partial charge in [0.25, 0.3) is 0 Å². The quantitative estimate of drug-likeness (QED) is 0.715. The highest BCUT2D eigenvalue weighted by atomic mass is 32.3. The van der Waals surface area contributed by atoms with Crippen LogP contribution in [0.15, 0.2) is 46.5 Å². The van der Waals surface area contributed by atoms with Crippen LogP contribution in [-0.4, -0.2) is 48.1 Å². The highest BCUT2D eigenvalue weighted by Crippen LogP contribution is 2.34. The average Bonchev–Trinajstić information content (AvgIpc) is 3.03. The summed E-state index contributed by atoms with van der Waals surface area (Å²) in [4.78, 5) is 7.40. The SMILES string of the molecule is CO[S+](=O)(c1ccc(N2CCC3=C(C=CCC3N)C2)nc1)N(C)c1c(C)nn(C)c1C. The summed E-state index contributed by atoms with van der Waals surface area (Å²) in [7, 11) is 2.13. The lowest BCUT2D eigenvalue weighted by Crippen LogP contribution is -2.38. The van der Waals surface area contributed by atoms with Gasteiger partial charge < -0.3 is 10.6 Å². The Bertz CT molecular complexity index is 1090. The molecule has 2 aliphatic rings. The fourth-order valence-corrected chi connectivity index (χ4v) is 6.16. The fourth-order valence-electron chi connectivity index (χ4n) is 4.50. The van der Waals surface area contributed by atoms with Crippen molar-refractivity contribution in [2.75, 3.05) is 36.5 Å². The zero-order valence-corrected chi connectivity index (χ0v) is 19.6. The number of nitrogens with zero attached hydrogens (tertiary/aromatic N) is 5. The smallest absolute Gasteiger partial charge is 0.352 e. The molecule has 2 unspecified atom stereocenters. The highest BCUT2D eigenvalue weighted by molar-refractivity contribution is 7.99. The lowest BCUT2D eigenvalue weighted by atomic mass is 9.88. The molecule has 2 aromatic heterocycles. The van der Waals surface area contributed by atoms with Crippen LogP contribution in [0.5, 0.6) is 0 Å². The van der Waals surface area contributed by atoms with E-state index in [4.69, 9.17) is 9.92 Å². The molecule has 0 radical (unpaired) electrons. The summed E-state index contributed by atoms with van der Waals surface area (Å²) in [5.74, 6) is 0.858. The maximum Gasteiger partial charge on any atom is 0.352 e. The lowest BCUT2D eigenvalue weighted by molar-refractivity contribution is 0.409. The summed E-state index contributed by atoms with van der Waals surface area (Å²) in [6.07, 6.45) is 7.85. The Morgan fingerprint density at radius 2 is 2.10 bits per heavy atom. The third-order valence-corrected chi connectivity index (χ3v) is 8.49. The summed E-state index contributed by atoms with van der Waals surface area (Å²) in [5.41, 5.74) is 11.4. The van der Waals surface area contributed by atoms with Gasteiger partial charge in [0.05, 0.1) is 31.7 Å². The number of rotatable bonds is 5. The second-order valence-corrected chi connectivity index (χ2v) is 10.4. The molecule has 0 saturated carbocycles. The first-order valence-corrected chi connectivity index (χ1v) is 11.9. The van der Waals surface area contributed by atoms with E-state index in [1.165, 1.54) is 18.3 Å². The normalized spacial score (nSPS) is 20.6. The third-order valence-electron chi connectivity index (χ3n) is 6.30. The van der Waals surface area contributed by atoms with Crippen molar-refractivity contribution in [3.63, 3.8) is 0 Å². The largest absolute Gasteiger partial charge is 0.352 e. The molecule has 2 N–H and O–H groups in total. The molecule has 1 aliphatic carbocycles. The maximum absolute atomic E-state index is 13.9. The van der Waals surface area contributed by atoms with Gasteiger partial charge in [-0.1, -0.05) is 12.2 Å². The molecule has 0 amide bonds. The van der Waals surface area contributed by atoms with Crippen molar-refractivity contribution in [2.24, 2.45) is 12.8 Å². The highest BCUT2D eigenvalue weighted by Gasteiger charge is 2.42. The molecule has 166 valence electrons. The van der Waals surface area contributed by atoms with E-state index in [1.54, 1.807) is 22.2 Å². The van der Waals surface area contributed by atoms with Crippen molar-refractivity contribution in [2.45, 2.75) is 37.6 Å². The summed E-state index contributed by atoms with van der Waals surface area (Å²) in [6, 6.07) is 3.90. The first-order valence-electron chi connectivity index (χ1n) is 10.4. The predicted molar refractivity (Wildman–Crippen MR) is 124 cm³/mol. The zero-order chi connectivity index (χ0) is 22.3. The Kier molecular flexibility index (Phi) is 5.76. The molecule has 2 atom stereocenters. The standard InChI is InChI=1S/C22H31N6O2S/c1-15-22(16(2)26(3)25-15)27(4)31(29,30-5)18-9-10-21(24-13-18)28-12-11-19-17(14-28)7-6-8-20(19)23/h6-7,9-10,13,20H,8,11-12,14,23H2,1-5H3/q+1. The van der Waals surface area contributed by atoms with E-state index in [-0.39, 0.29) is 6.04 Å². The van der Waals surface area contributed by atoms with Gasteiger partial charge >= 0.3 is 10.4 Å². The van der Waals surface area contributed by atoms with Crippen LogP contribution < -0.4 is 14.9 Å². The second kappa shape index (κ2) is 8.22. The molecule has 0 fully saturated rings. The van der Waals surface area contributed by atoms with E-state index < -0.39 is 10.4 Å². The molecule has 0 aromatic carbocycles. The van der Waals surface area contributed by atoms with Crippen molar-refractivity contribution in [1.29, 1.82) is 0 Å². The summed E-state index contributed by atoms with van der Waals surface area (Å²) < 4.78 is 22.9.